The van der Waals surface area contributed by atoms with Gasteiger partial charge in [-0.25, -0.2) is 0 Å². The number of carbonyl (C=O) groups is 1. The fraction of sp³-hybridized carbons (Fsp3) is 0.950. The molecule has 3 fully saturated rings. The molecule has 3 aliphatic heterocycles. The second-order valence-corrected chi connectivity index (χ2v) is 8.83. The minimum Gasteiger partial charge on any atom is -0.379 e. The van der Waals surface area contributed by atoms with Crippen LogP contribution in [0.5, 0.6) is 0 Å². The van der Waals surface area contributed by atoms with E-state index in [9.17, 15) is 4.79 Å². The molecule has 1 spiro atoms. The zero-order valence-corrected chi connectivity index (χ0v) is 16.3. The minimum atomic E-state index is 0.355. The quantitative estimate of drug-likeness (QED) is 0.734. The molecular formula is C20H37N3O2. The van der Waals surface area contributed by atoms with Gasteiger partial charge in [-0.15, -0.1) is 0 Å². The molecule has 0 radical (unpaired) electrons. The number of ether oxygens (including phenoxy) is 1. The monoisotopic (exact) mass is 351 g/mol. The topological polar surface area (TPSA) is 36.0 Å². The average Bonchev–Trinajstić information content (AvgIpc) is 2.62. The highest BCUT2D eigenvalue weighted by atomic mass is 16.5. The van der Waals surface area contributed by atoms with Gasteiger partial charge in [-0.05, 0) is 38.1 Å². The Bertz CT molecular complexity index is 437. The summed E-state index contributed by atoms with van der Waals surface area (Å²) in [5.74, 6) is 1.05. The van der Waals surface area contributed by atoms with Gasteiger partial charge in [0.15, 0.2) is 0 Å². The summed E-state index contributed by atoms with van der Waals surface area (Å²) in [5, 5.41) is 0. The van der Waals surface area contributed by atoms with Crippen LogP contribution in [-0.2, 0) is 9.53 Å². The zero-order valence-electron chi connectivity index (χ0n) is 16.3. The van der Waals surface area contributed by atoms with Crippen molar-refractivity contribution in [2.75, 3.05) is 65.6 Å². The zero-order chi connectivity index (χ0) is 17.7. The molecule has 0 aromatic heterocycles. The third kappa shape index (κ3) is 5.41. The molecule has 0 aromatic carbocycles. The fourth-order valence-corrected chi connectivity index (χ4v) is 4.66. The molecule has 3 saturated heterocycles. The van der Waals surface area contributed by atoms with Crippen LogP contribution in [0.2, 0.25) is 0 Å². The number of hydrogen-bond acceptors (Lipinski definition) is 4. The molecule has 0 bridgehead atoms. The minimum absolute atomic E-state index is 0.355. The summed E-state index contributed by atoms with van der Waals surface area (Å²) >= 11 is 0. The Morgan fingerprint density at radius 2 is 1.76 bits per heavy atom. The average molecular weight is 352 g/mol. The summed E-state index contributed by atoms with van der Waals surface area (Å²) < 4.78 is 5.45. The summed E-state index contributed by atoms with van der Waals surface area (Å²) in [6, 6.07) is 0. The summed E-state index contributed by atoms with van der Waals surface area (Å²) in [6.45, 7) is 15.1. The summed E-state index contributed by atoms with van der Waals surface area (Å²) in [5.41, 5.74) is 0.355. The van der Waals surface area contributed by atoms with Crippen LogP contribution in [0, 0.1) is 11.3 Å². The van der Waals surface area contributed by atoms with Gasteiger partial charge in [-0.3, -0.25) is 9.69 Å². The summed E-state index contributed by atoms with van der Waals surface area (Å²) in [4.78, 5) is 19.7. The first-order valence-electron chi connectivity index (χ1n) is 10.4. The van der Waals surface area contributed by atoms with Gasteiger partial charge >= 0.3 is 0 Å². The highest BCUT2D eigenvalue weighted by molar-refractivity contribution is 5.77. The van der Waals surface area contributed by atoms with Gasteiger partial charge in [-0.2, -0.15) is 0 Å². The largest absolute Gasteiger partial charge is 0.379 e. The van der Waals surface area contributed by atoms with Crippen LogP contribution in [0.1, 0.15) is 46.0 Å². The fourth-order valence-electron chi connectivity index (χ4n) is 4.66. The van der Waals surface area contributed by atoms with Gasteiger partial charge in [0.25, 0.3) is 0 Å². The number of morpholine rings is 1. The van der Waals surface area contributed by atoms with Crippen LogP contribution >= 0.6 is 0 Å². The Kier molecular flexibility index (Phi) is 6.75. The van der Waals surface area contributed by atoms with E-state index in [1.807, 2.05) is 0 Å². The molecule has 0 N–H and O–H groups in total. The summed E-state index contributed by atoms with van der Waals surface area (Å²) in [7, 11) is 0. The molecule has 5 nitrogen and oxygen atoms in total. The van der Waals surface area contributed by atoms with Gasteiger partial charge in [-0.1, -0.05) is 13.8 Å². The van der Waals surface area contributed by atoms with Crippen LogP contribution in [0.3, 0.4) is 0 Å². The molecule has 3 heterocycles. The van der Waals surface area contributed by atoms with Crippen LogP contribution in [0.25, 0.3) is 0 Å². The molecule has 5 heteroatoms. The lowest BCUT2D eigenvalue weighted by Crippen LogP contribution is -2.55. The van der Waals surface area contributed by atoms with Crippen molar-refractivity contribution in [3.63, 3.8) is 0 Å². The third-order valence-corrected chi connectivity index (χ3v) is 6.30. The Labute approximate surface area is 153 Å². The maximum absolute atomic E-state index is 12.3. The van der Waals surface area contributed by atoms with E-state index in [4.69, 9.17) is 4.74 Å². The summed E-state index contributed by atoms with van der Waals surface area (Å²) in [6.07, 6.45) is 5.57. The van der Waals surface area contributed by atoms with Gasteiger partial charge in [0.1, 0.15) is 0 Å². The van der Waals surface area contributed by atoms with E-state index in [1.54, 1.807) is 0 Å². The maximum atomic E-state index is 12.3. The molecule has 25 heavy (non-hydrogen) atoms. The molecule has 0 aliphatic carbocycles. The molecule has 0 aromatic rings. The van der Waals surface area contributed by atoms with E-state index in [-0.39, 0.29) is 0 Å². The number of likely N-dealkylation sites (tertiary alicyclic amines) is 2. The highest BCUT2D eigenvalue weighted by Crippen LogP contribution is 2.39. The lowest BCUT2D eigenvalue weighted by atomic mass is 9.73. The maximum Gasteiger partial charge on any atom is 0.222 e. The van der Waals surface area contributed by atoms with Crippen LogP contribution < -0.4 is 0 Å². The molecule has 0 unspecified atom stereocenters. The Balaban J connectivity index is 1.50. The van der Waals surface area contributed by atoms with E-state index in [0.717, 1.165) is 65.2 Å². The molecule has 3 aliphatic rings. The first-order chi connectivity index (χ1) is 12.1. The van der Waals surface area contributed by atoms with Crippen molar-refractivity contribution in [3.05, 3.63) is 0 Å². The predicted octanol–water partition coefficient (Wildman–Crippen LogP) is 2.07. The number of hydrogen-bond donors (Lipinski definition) is 0. The molecule has 1 atom stereocenters. The first kappa shape index (κ1) is 19.1. The first-order valence-corrected chi connectivity index (χ1v) is 10.4. The number of rotatable bonds is 6. The van der Waals surface area contributed by atoms with E-state index < -0.39 is 0 Å². The lowest BCUT2D eigenvalue weighted by molar-refractivity contribution is -0.139. The number of carbonyl (C=O) groups excluding carboxylic acids is 1. The van der Waals surface area contributed by atoms with Crippen molar-refractivity contribution in [1.82, 2.24) is 14.7 Å². The molecule has 1 amide bonds. The molecule has 144 valence electrons. The van der Waals surface area contributed by atoms with Gasteiger partial charge in [0, 0.05) is 57.6 Å². The Morgan fingerprint density at radius 3 is 2.52 bits per heavy atom. The van der Waals surface area contributed by atoms with Crippen molar-refractivity contribution in [2.45, 2.75) is 46.0 Å². The van der Waals surface area contributed by atoms with Crippen molar-refractivity contribution >= 4 is 5.91 Å². The van der Waals surface area contributed by atoms with Crippen LogP contribution in [0.15, 0.2) is 0 Å². The second-order valence-electron chi connectivity index (χ2n) is 8.83. The standard InChI is InChI=1S/C20H37N3O2/c1-18(2)5-9-23-17-20(7-4-19(23)24)6-3-8-22(16-20)11-10-21-12-14-25-15-13-21/h18H,3-17H2,1-2H3/t20-/m0/s1. The number of piperidine rings is 2. The normalized spacial score (nSPS) is 29.7. The molecular weight excluding hydrogens is 314 g/mol. The molecule has 3 rings (SSSR count). The van der Waals surface area contributed by atoms with Gasteiger partial charge in [0.05, 0.1) is 13.2 Å². The van der Waals surface area contributed by atoms with E-state index >= 15 is 0 Å². The third-order valence-electron chi connectivity index (χ3n) is 6.30. The predicted molar refractivity (Wildman–Crippen MR) is 101 cm³/mol. The van der Waals surface area contributed by atoms with E-state index in [0.29, 0.717) is 17.2 Å². The smallest absolute Gasteiger partial charge is 0.222 e. The van der Waals surface area contributed by atoms with Crippen molar-refractivity contribution < 1.29 is 9.53 Å². The second kappa shape index (κ2) is 8.83. The number of amides is 1. The SMILES string of the molecule is CC(C)CCN1C[C@@]2(CCCN(CCN3CCOCC3)C2)CCC1=O. The Morgan fingerprint density at radius 1 is 1.00 bits per heavy atom. The van der Waals surface area contributed by atoms with Crippen molar-refractivity contribution in [2.24, 2.45) is 11.3 Å². The highest BCUT2D eigenvalue weighted by Gasteiger charge is 2.41. The lowest BCUT2D eigenvalue weighted by Gasteiger charge is -2.48. The number of nitrogens with zero attached hydrogens (tertiary/aromatic N) is 3. The van der Waals surface area contributed by atoms with Gasteiger partial charge in [0.2, 0.25) is 5.91 Å². The molecule has 0 saturated carbocycles. The van der Waals surface area contributed by atoms with Gasteiger partial charge < -0.3 is 14.5 Å². The van der Waals surface area contributed by atoms with E-state index in [2.05, 4.69) is 28.5 Å². The Hall–Kier alpha value is -0.650. The van der Waals surface area contributed by atoms with Crippen molar-refractivity contribution in [3.8, 4) is 0 Å². The van der Waals surface area contributed by atoms with Crippen molar-refractivity contribution in [1.29, 1.82) is 0 Å². The van der Waals surface area contributed by atoms with E-state index in [1.165, 1.54) is 32.5 Å². The van der Waals surface area contributed by atoms with Crippen LogP contribution in [-0.4, -0.2) is 86.2 Å². The van der Waals surface area contributed by atoms with Crippen LogP contribution in [0.4, 0.5) is 0 Å².